The lowest BCUT2D eigenvalue weighted by atomic mass is 9.60. The number of esters is 1. The summed E-state index contributed by atoms with van der Waals surface area (Å²) in [4.78, 5) is 29.1. The molecular formula is C30H41N3O4. The molecule has 200 valence electrons. The van der Waals surface area contributed by atoms with Crippen LogP contribution in [0.4, 0.5) is 16.2 Å². The Balaban J connectivity index is 1.49. The Morgan fingerprint density at radius 1 is 1.14 bits per heavy atom. The number of ether oxygens (including phenoxy) is 2. The van der Waals surface area contributed by atoms with E-state index in [1.54, 1.807) is 13.0 Å². The summed E-state index contributed by atoms with van der Waals surface area (Å²) in [5.41, 5.74) is 10.3. The van der Waals surface area contributed by atoms with E-state index in [0.29, 0.717) is 29.8 Å². The van der Waals surface area contributed by atoms with Gasteiger partial charge in [0, 0.05) is 31.1 Å². The Morgan fingerprint density at radius 2 is 1.81 bits per heavy atom. The average molecular weight is 508 g/mol. The van der Waals surface area contributed by atoms with E-state index in [-0.39, 0.29) is 17.5 Å². The molecule has 7 nitrogen and oxygen atoms in total. The van der Waals surface area contributed by atoms with Crippen LogP contribution >= 0.6 is 0 Å². The molecule has 4 rings (SSSR count). The van der Waals surface area contributed by atoms with Crippen LogP contribution in [0, 0.1) is 11.3 Å². The van der Waals surface area contributed by atoms with Gasteiger partial charge in [-0.25, -0.2) is 9.59 Å². The minimum atomic E-state index is -0.476. The van der Waals surface area contributed by atoms with Crippen LogP contribution in [0.3, 0.4) is 0 Å². The van der Waals surface area contributed by atoms with Crippen molar-refractivity contribution in [3.8, 4) is 11.1 Å². The molecule has 0 unspecified atom stereocenters. The Labute approximate surface area is 220 Å². The fourth-order valence-corrected chi connectivity index (χ4v) is 5.58. The number of hydrogen-bond acceptors (Lipinski definition) is 6. The molecule has 1 aliphatic heterocycles. The van der Waals surface area contributed by atoms with Gasteiger partial charge in [-0.1, -0.05) is 38.1 Å². The van der Waals surface area contributed by atoms with Crippen LogP contribution in [0.25, 0.3) is 11.1 Å². The molecule has 1 saturated carbocycles. The van der Waals surface area contributed by atoms with Crippen molar-refractivity contribution >= 4 is 23.4 Å². The fourth-order valence-electron chi connectivity index (χ4n) is 5.58. The molecule has 1 aliphatic carbocycles. The first-order valence-corrected chi connectivity index (χ1v) is 13.3. The first kappa shape index (κ1) is 26.8. The Bertz CT molecular complexity index is 1140. The van der Waals surface area contributed by atoms with E-state index in [9.17, 15) is 9.59 Å². The van der Waals surface area contributed by atoms with Gasteiger partial charge in [0.15, 0.2) is 0 Å². The molecule has 2 N–H and O–H groups in total. The minimum absolute atomic E-state index is 0.185. The number of likely N-dealkylation sites (tertiary alicyclic amines) is 1. The molecule has 37 heavy (non-hydrogen) atoms. The highest BCUT2D eigenvalue weighted by atomic mass is 16.6. The maximum Gasteiger partial charge on any atom is 0.410 e. The second kappa shape index (κ2) is 10.3. The van der Waals surface area contributed by atoms with Gasteiger partial charge in [0.05, 0.1) is 23.5 Å². The molecule has 0 bridgehead atoms. The van der Waals surface area contributed by atoms with Crippen LogP contribution in [0.1, 0.15) is 64.7 Å². The first-order valence-electron chi connectivity index (χ1n) is 13.3. The summed E-state index contributed by atoms with van der Waals surface area (Å²) < 4.78 is 10.8. The molecule has 0 atom stereocenters. The number of anilines is 2. The first-order chi connectivity index (χ1) is 17.4. The SMILES string of the molecule is CCOC(=O)c1ccccc1-c1ccc(N(CC(C)C)C2CC3(C2)CN(C(=O)OC(C)(C)C)C3)c(N)c1. The highest BCUT2D eigenvalue weighted by Crippen LogP contribution is 2.52. The molecule has 1 spiro atoms. The smallest absolute Gasteiger partial charge is 0.410 e. The average Bonchev–Trinajstić information content (AvgIpc) is 2.75. The molecule has 1 amide bonds. The van der Waals surface area contributed by atoms with Crippen molar-refractivity contribution in [1.29, 1.82) is 0 Å². The van der Waals surface area contributed by atoms with Gasteiger partial charge in [0.1, 0.15) is 5.60 Å². The molecule has 2 aliphatic rings. The van der Waals surface area contributed by atoms with Crippen molar-refractivity contribution in [2.24, 2.45) is 11.3 Å². The van der Waals surface area contributed by atoms with Gasteiger partial charge in [-0.05, 0) is 75.8 Å². The van der Waals surface area contributed by atoms with Gasteiger partial charge in [-0.3, -0.25) is 0 Å². The summed E-state index contributed by atoms with van der Waals surface area (Å²) in [5.74, 6) is 0.141. The van der Waals surface area contributed by atoms with Gasteiger partial charge < -0.3 is 25.0 Å². The maximum atomic E-state index is 12.5. The van der Waals surface area contributed by atoms with E-state index in [2.05, 4.69) is 24.8 Å². The Kier molecular flexibility index (Phi) is 7.45. The molecule has 2 aromatic carbocycles. The molecule has 0 radical (unpaired) electrons. The second-order valence-electron chi connectivity index (χ2n) is 12.0. The van der Waals surface area contributed by atoms with Gasteiger partial charge in [0.2, 0.25) is 0 Å². The summed E-state index contributed by atoms with van der Waals surface area (Å²) in [6.07, 6.45) is 1.85. The van der Waals surface area contributed by atoms with Crippen molar-refractivity contribution in [3.63, 3.8) is 0 Å². The molecular weight excluding hydrogens is 466 g/mol. The third-order valence-electron chi connectivity index (χ3n) is 7.11. The zero-order valence-corrected chi connectivity index (χ0v) is 23.0. The van der Waals surface area contributed by atoms with Gasteiger partial charge >= 0.3 is 12.1 Å². The summed E-state index contributed by atoms with van der Waals surface area (Å²) in [6.45, 7) is 14.7. The van der Waals surface area contributed by atoms with Crippen molar-refractivity contribution in [1.82, 2.24) is 4.90 Å². The predicted octanol–water partition coefficient (Wildman–Crippen LogP) is 5.97. The van der Waals surface area contributed by atoms with Gasteiger partial charge in [-0.15, -0.1) is 0 Å². The monoisotopic (exact) mass is 507 g/mol. The largest absolute Gasteiger partial charge is 0.462 e. The van der Waals surface area contributed by atoms with Crippen LogP contribution in [0.2, 0.25) is 0 Å². The van der Waals surface area contributed by atoms with Crippen LogP contribution in [0.15, 0.2) is 42.5 Å². The van der Waals surface area contributed by atoms with Crippen molar-refractivity contribution in [2.75, 3.05) is 36.9 Å². The van der Waals surface area contributed by atoms with Crippen LogP contribution in [-0.4, -0.2) is 54.8 Å². The number of carbonyl (C=O) groups excluding carboxylic acids is 2. The highest BCUT2D eigenvalue weighted by Gasteiger charge is 2.56. The highest BCUT2D eigenvalue weighted by molar-refractivity contribution is 5.98. The molecule has 2 aromatic rings. The third-order valence-corrected chi connectivity index (χ3v) is 7.11. The Morgan fingerprint density at radius 3 is 2.41 bits per heavy atom. The zero-order valence-electron chi connectivity index (χ0n) is 23.0. The van der Waals surface area contributed by atoms with Gasteiger partial charge in [0.25, 0.3) is 0 Å². The normalized spacial score (nSPS) is 16.8. The third kappa shape index (κ3) is 5.86. The fraction of sp³-hybridized carbons (Fsp3) is 0.533. The number of hydrogen-bond donors (Lipinski definition) is 1. The summed E-state index contributed by atoms with van der Waals surface area (Å²) >= 11 is 0. The van der Waals surface area contributed by atoms with Crippen LogP contribution < -0.4 is 10.6 Å². The summed E-state index contributed by atoms with van der Waals surface area (Å²) in [6, 6.07) is 13.9. The second-order valence-corrected chi connectivity index (χ2v) is 12.0. The molecule has 1 saturated heterocycles. The number of amides is 1. The number of nitrogens with two attached hydrogens (primary N) is 1. The van der Waals surface area contributed by atoms with Crippen molar-refractivity contribution in [3.05, 3.63) is 48.0 Å². The van der Waals surface area contributed by atoms with Crippen molar-refractivity contribution in [2.45, 2.75) is 66.0 Å². The lowest BCUT2D eigenvalue weighted by Gasteiger charge is -2.61. The summed E-state index contributed by atoms with van der Waals surface area (Å²) in [5, 5.41) is 0. The zero-order chi connectivity index (χ0) is 27.0. The van der Waals surface area contributed by atoms with Crippen molar-refractivity contribution < 1.29 is 19.1 Å². The molecule has 7 heteroatoms. The predicted molar refractivity (Wildman–Crippen MR) is 148 cm³/mol. The minimum Gasteiger partial charge on any atom is -0.462 e. The molecule has 2 fully saturated rings. The van der Waals surface area contributed by atoms with E-state index in [1.165, 1.54) is 0 Å². The molecule has 1 heterocycles. The quantitative estimate of drug-likeness (QED) is 0.367. The number of carbonyl (C=O) groups is 2. The number of nitrogen functional groups attached to an aromatic ring is 1. The number of nitrogens with zero attached hydrogens (tertiary/aromatic N) is 2. The standard InChI is InChI=1S/C30H41N3O4/c1-7-36-27(34)24-11-9-8-10-23(24)21-12-13-26(25(31)14-21)33(17-20(2)3)22-15-30(16-22)18-32(19-30)28(35)37-29(4,5)6/h8-14,20,22H,7,15-19,31H2,1-6H3. The maximum absolute atomic E-state index is 12.5. The van der Waals surface area contributed by atoms with E-state index in [0.717, 1.165) is 49.3 Å². The topological polar surface area (TPSA) is 85.1 Å². The van der Waals surface area contributed by atoms with Crippen LogP contribution in [-0.2, 0) is 9.47 Å². The lowest BCUT2D eigenvalue weighted by molar-refractivity contribution is -0.0782. The van der Waals surface area contributed by atoms with E-state index >= 15 is 0 Å². The Hall–Kier alpha value is -3.22. The van der Waals surface area contributed by atoms with E-state index in [1.807, 2.05) is 56.0 Å². The lowest BCUT2D eigenvalue weighted by Crippen LogP contribution is -2.68. The van der Waals surface area contributed by atoms with E-state index < -0.39 is 5.60 Å². The summed E-state index contributed by atoms with van der Waals surface area (Å²) in [7, 11) is 0. The molecule has 0 aromatic heterocycles. The van der Waals surface area contributed by atoms with E-state index in [4.69, 9.17) is 15.2 Å². The number of benzene rings is 2. The number of rotatable bonds is 7. The van der Waals surface area contributed by atoms with Gasteiger partial charge in [-0.2, -0.15) is 0 Å². The van der Waals surface area contributed by atoms with Crippen LogP contribution in [0.5, 0.6) is 0 Å².